The van der Waals surface area contributed by atoms with Crippen LogP contribution in [-0.4, -0.2) is 35.9 Å². The van der Waals surface area contributed by atoms with Crippen molar-refractivity contribution in [1.29, 1.82) is 0 Å². The molecular weight excluding hydrogens is 349 g/mol. The predicted molar refractivity (Wildman–Crippen MR) is 101 cm³/mol. The van der Waals surface area contributed by atoms with E-state index in [1.54, 1.807) is 11.9 Å². The molecule has 0 saturated heterocycles. The van der Waals surface area contributed by atoms with Crippen LogP contribution in [-0.2, 0) is 0 Å². The van der Waals surface area contributed by atoms with Gasteiger partial charge in [-0.15, -0.1) is 24.8 Å². The third-order valence-corrected chi connectivity index (χ3v) is 3.65. The maximum Gasteiger partial charge on any atom is 0.276 e. The molecule has 0 spiro atoms. The number of aromatic nitrogens is 1. The lowest BCUT2D eigenvalue weighted by Crippen LogP contribution is -2.40. The van der Waals surface area contributed by atoms with Crippen molar-refractivity contribution in [2.45, 2.75) is 20.8 Å². The number of carbonyl (C=O) groups excluding carboxylic acids is 1. The normalized spacial score (nSPS) is 10.5. The lowest BCUT2D eigenvalue weighted by atomic mass is 9.93. The first-order chi connectivity index (χ1) is 10.3. The van der Waals surface area contributed by atoms with Crippen molar-refractivity contribution in [1.82, 2.24) is 9.88 Å². The molecular formula is C17H25Cl2N3O2. The molecule has 0 radical (unpaired) electrons. The van der Waals surface area contributed by atoms with Crippen LogP contribution in [0.4, 0.5) is 0 Å². The molecule has 134 valence electrons. The summed E-state index contributed by atoms with van der Waals surface area (Å²) in [5.41, 5.74) is 7.92. The molecule has 7 heteroatoms. The van der Waals surface area contributed by atoms with Gasteiger partial charge in [0.15, 0.2) is 17.8 Å². The Balaban J connectivity index is 0.00000264. The second-order valence-electron chi connectivity index (χ2n) is 6.43. The van der Waals surface area contributed by atoms with Gasteiger partial charge >= 0.3 is 0 Å². The van der Waals surface area contributed by atoms with Gasteiger partial charge in [-0.05, 0) is 18.9 Å². The minimum absolute atomic E-state index is 0. The fourth-order valence-electron chi connectivity index (χ4n) is 2.27. The lowest BCUT2D eigenvalue weighted by molar-refractivity contribution is 0.0735. The number of nitrogens with zero attached hydrogens (tertiary/aromatic N) is 2. The number of hydrogen-bond acceptors (Lipinski definition) is 4. The zero-order chi connectivity index (χ0) is 16.3. The first-order valence-electron chi connectivity index (χ1n) is 7.30. The van der Waals surface area contributed by atoms with Gasteiger partial charge in [0, 0.05) is 19.2 Å². The third-order valence-electron chi connectivity index (χ3n) is 3.65. The molecule has 0 unspecified atom stereocenters. The molecule has 1 heterocycles. The summed E-state index contributed by atoms with van der Waals surface area (Å²) in [6.45, 7) is 7.14. The summed E-state index contributed by atoms with van der Waals surface area (Å²) >= 11 is 0. The van der Waals surface area contributed by atoms with Gasteiger partial charge in [0.25, 0.3) is 5.91 Å². The van der Waals surface area contributed by atoms with Crippen molar-refractivity contribution >= 4 is 30.7 Å². The van der Waals surface area contributed by atoms with E-state index in [9.17, 15) is 4.79 Å². The number of oxazole rings is 1. The maximum absolute atomic E-state index is 12.6. The standard InChI is InChI=1S/C17H23N3O2.2ClH/c1-12-5-7-13(8-6-12)15-14(19-11-22-15)16(21)20(4)10-17(2,3)9-18;;/h5-8,11H,9-10,18H2,1-4H3;2*1H. The molecule has 1 aromatic carbocycles. The van der Waals surface area contributed by atoms with Gasteiger partial charge in [0.05, 0.1) is 0 Å². The predicted octanol–water partition coefficient (Wildman–Crippen LogP) is 3.55. The monoisotopic (exact) mass is 373 g/mol. The van der Waals surface area contributed by atoms with E-state index >= 15 is 0 Å². The molecule has 1 aromatic heterocycles. The van der Waals surface area contributed by atoms with Gasteiger partial charge in [-0.3, -0.25) is 4.79 Å². The molecule has 0 bridgehead atoms. The van der Waals surface area contributed by atoms with E-state index in [0.29, 0.717) is 24.5 Å². The van der Waals surface area contributed by atoms with Crippen LogP contribution in [0.15, 0.2) is 35.1 Å². The number of rotatable bonds is 5. The summed E-state index contributed by atoms with van der Waals surface area (Å²) in [6, 6.07) is 7.81. The highest BCUT2D eigenvalue weighted by atomic mass is 35.5. The molecule has 2 rings (SSSR count). The summed E-state index contributed by atoms with van der Waals surface area (Å²) in [5, 5.41) is 0. The van der Waals surface area contributed by atoms with Crippen LogP contribution < -0.4 is 5.73 Å². The topological polar surface area (TPSA) is 72.4 Å². The van der Waals surface area contributed by atoms with Crippen molar-refractivity contribution < 1.29 is 9.21 Å². The molecule has 5 nitrogen and oxygen atoms in total. The molecule has 0 aliphatic heterocycles. The summed E-state index contributed by atoms with van der Waals surface area (Å²) in [5.74, 6) is 0.341. The number of hydrogen-bond donors (Lipinski definition) is 1. The molecule has 24 heavy (non-hydrogen) atoms. The Hall–Kier alpha value is -1.56. The fourth-order valence-corrected chi connectivity index (χ4v) is 2.27. The summed E-state index contributed by atoms with van der Waals surface area (Å²) in [6.07, 6.45) is 1.31. The molecule has 0 saturated carbocycles. The molecule has 2 N–H and O–H groups in total. The van der Waals surface area contributed by atoms with Crippen LogP contribution in [0.5, 0.6) is 0 Å². The number of aryl methyl sites for hydroxylation is 1. The van der Waals surface area contributed by atoms with Crippen LogP contribution in [0, 0.1) is 12.3 Å². The SMILES string of the molecule is Cc1ccc(-c2ocnc2C(=O)N(C)CC(C)(C)CN)cc1.Cl.Cl. The van der Waals surface area contributed by atoms with Crippen molar-refractivity contribution in [3.8, 4) is 11.3 Å². The number of carbonyl (C=O) groups is 1. The second-order valence-corrected chi connectivity index (χ2v) is 6.43. The third kappa shape index (κ3) is 5.23. The van der Waals surface area contributed by atoms with Crippen LogP contribution in [0.2, 0.25) is 0 Å². The number of nitrogens with two attached hydrogens (primary N) is 1. The van der Waals surface area contributed by atoms with Gasteiger partial charge in [0.2, 0.25) is 0 Å². The highest BCUT2D eigenvalue weighted by Crippen LogP contribution is 2.25. The minimum Gasteiger partial charge on any atom is -0.443 e. The van der Waals surface area contributed by atoms with Gasteiger partial charge in [-0.1, -0.05) is 43.7 Å². The average molecular weight is 374 g/mol. The minimum atomic E-state index is -0.161. The Labute approximate surface area is 155 Å². The average Bonchev–Trinajstić information content (AvgIpc) is 2.96. The number of amides is 1. The van der Waals surface area contributed by atoms with Gasteiger partial charge in [-0.25, -0.2) is 4.98 Å². The van der Waals surface area contributed by atoms with Gasteiger partial charge in [0.1, 0.15) is 0 Å². The van der Waals surface area contributed by atoms with E-state index in [4.69, 9.17) is 10.2 Å². The second kappa shape index (κ2) is 9.06. The van der Waals surface area contributed by atoms with Crippen LogP contribution >= 0.6 is 24.8 Å². The Bertz CT molecular complexity index is 654. The molecule has 0 atom stereocenters. The molecule has 2 aromatic rings. The lowest BCUT2D eigenvalue weighted by Gasteiger charge is -2.28. The first kappa shape index (κ1) is 22.4. The molecule has 0 aliphatic carbocycles. The summed E-state index contributed by atoms with van der Waals surface area (Å²) in [4.78, 5) is 18.4. The van der Waals surface area contributed by atoms with Gasteiger partial charge in [-0.2, -0.15) is 0 Å². The van der Waals surface area contributed by atoms with Crippen molar-refractivity contribution in [3.05, 3.63) is 41.9 Å². The van der Waals surface area contributed by atoms with E-state index < -0.39 is 0 Å². The zero-order valence-electron chi connectivity index (χ0n) is 14.4. The van der Waals surface area contributed by atoms with Crippen LogP contribution in [0.25, 0.3) is 11.3 Å². The molecule has 0 fully saturated rings. The molecule has 1 amide bonds. The maximum atomic E-state index is 12.6. The van der Waals surface area contributed by atoms with Crippen LogP contribution in [0.1, 0.15) is 29.9 Å². The fraction of sp³-hybridized carbons (Fsp3) is 0.412. The van der Waals surface area contributed by atoms with Gasteiger partial charge < -0.3 is 15.1 Å². The Morgan fingerprint density at radius 2 is 1.83 bits per heavy atom. The largest absolute Gasteiger partial charge is 0.443 e. The zero-order valence-corrected chi connectivity index (χ0v) is 16.0. The van der Waals surface area contributed by atoms with E-state index in [-0.39, 0.29) is 36.1 Å². The smallest absolute Gasteiger partial charge is 0.276 e. The summed E-state index contributed by atoms with van der Waals surface area (Å²) < 4.78 is 5.44. The number of benzene rings is 1. The summed E-state index contributed by atoms with van der Waals surface area (Å²) in [7, 11) is 1.76. The van der Waals surface area contributed by atoms with E-state index in [1.807, 2.05) is 45.0 Å². The number of halogens is 2. The highest BCUT2D eigenvalue weighted by Gasteiger charge is 2.26. The van der Waals surface area contributed by atoms with Crippen molar-refractivity contribution in [2.75, 3.05) is 20.1 Å². The van der Waals surface area contributed by atoms with Crippen molar-refractivity contribution in [3.63, 3.8) is 0 Å². The van der Waals surface area contributed by atoms with Crippen LogP contribution in [0.3, 0.4) is 0 Å². The Morgan fingerprint density at radius 1 is 1.25 bits per heavy atom. The van der Waals surface area contributed by atoms with E-state index in [0.717, 1.165) is 11.1 Å². The van der Waals surface area contributed by atoms with E-state index in [1.165, 1.54) is 6.39 Å². The first-order valence-corrected chi connectivity index (χ1v) is 7.30. The molecule has 0 aliphatic rings. The quantitative estimate of drug-likeness (QED) is 0.869. The van der Waals surface area contributed by atoms with Crippen molar-refractivity contribution in [2.24, 2.45) is 11.1 Å². The Morgan fingerprint density at radius 3 is 2.38 bits per heavy atom. The van der Waals surface area contributed by atoms with E-state index in [2.05, 4.69) is 4.98 Å². The Kier molecular flexibility index (Phi) is 8.47. The highest BCUT2D eigenvalue weighted by molar-refractivity contribution is 5.97.